The lowest BCUT2D eigenvalue weighted by atomic mass is 10.0. The third-order valence-corrected chi connectivity index (χ3v) is 6.30. The Hall–Kier alpha value is -4.04. The van der Waals surface area contributed by atoms with Crippen LogP contribution in [0.15, 0.2) is 41.3 Å². The van der Waals surface area contributed by atoms with Crippen molar-refractivity contribution in [2.75, 3.05) is 30.4 Å². The second-order valence-electron chi connectivity index (χ2n) is 8.81. The number of nitrogens with zero attached hydrogens (tertiary/aromatic N) is 4. The predicted molar refractivity (Wildman–Crippen MR) is 129 cm³/mol. The number of alkyl halides is 2. The molecule has 2 aromatic heterocycles. The number of hydrogen-bond donors (Lipinski definition) is 2. The molecule has 1 unspecified atom stereocenters. The lowest BCUT2D eigenvalue weighted by molar-refractivity contribution is -0.129. The Kier molecular flexibility index (Phi) is 6.65. The van der Waals surface area contributed by atoms with E-state index in [2.05, 4.69) is 10.3 Å². The van der Waals surface area contributed by atoms with Gasteiger partial charge in [0, 0.05) is 31.1 Å². The fraction of sp³-hybridized carbons (Fsp3) is 0.360. The average Bonchev–Trinajstić information content (AvgIpc) is 2.83. The van der Waals surface area contributed by atoms with Gasteiger partial charge in [-0.2, -0.15) is 5.26 Å². The number of rotatable bonds is 6. The fourth-order valence-corrected chi connectivity index (χ4v) is 4.54. The molecule has 3 aromatic rings. The first-order chi connectivity index (χ1) is 17.1. The molecule has 1 aliphatic rings. The summed E-state index contributed by atoms with van der Waals surface area (Å²) in [5, 5.41) is 22.4. The molecule has 188 valence electrons. The summed E-state index contributed by atoms with van der Waals surface area (Å²) in [5.41, 5.74) is 0.869. The summed E-state index contributed by atoms with van der Waals surface area (Å²) < 4.78 is 35.4. The van der Waals surface area contributed by atoms with Crippen molar-refractivity contribution in [2.45, 2.75) is 38.3 Å². The number of aromatic nitrogens is 2. The van der Waals surface area contributed by atoms with Gasteiger partial charge in [-0.25, -0.2) is 18.6 Å². The van der Waals surface area contributed by atoms with Crippen LogP contribution in [0.3, 0.4) is 0 Å². The normalized spacial score (nSPS) is 18.0. The molecule has 1 aromatic carbocycles. The number of hydrogen-bond acceptors (Lipinski definition) is 7. The zero-order valence-corrected chi connectivity index (χ0v) is 20.0. The minimum Gasteiger partial charge on any atom is -0.478 e. The number of para-hydroxylation sites is 1. The van der Waals surface area contributed by atoms with E-state index in [1.807, 2.05) is 6.07 Å². The van der Waals surface area contributed by atoms with Crippen molar-refractivity contribution in [1.29, 1.82) is 5.26 Å². The van der Waals surface area contributed by atoms with Crippen molar-refractivity contribution in [3.63, 3.8) is 0 Å². The standard InChI is InChI=1S/C25H25F2N5O4/c1-14-10-17(15(2)29-19-7-5-4-6-16(19)24(34)35)22-30-21(18(11-28)23(33)32(22)12-14)31-9-8-20(36-3)25(26,27)13-31/h4-7,10,12,15,20,29H,8-9,13H2,1-3H3,(H,34,35)/t15-,20?/m1/s1. The third kappa shape index (κ3) is 4.47. The number of pyridine rings is 1. The Labute approximate surface area is 205 Å². The molecule has 3 heterocycles. The number of methoxy groups -OCH3 is 1. The zero-order chi connectivity index (χ0) is 26.2. The summed E-state index contributed by atoms with van der Waals surface area (Å²) in [6, 6.07) is 9.50. The van der Waals surface area contributed by atoms with E-state index < -0.39 is 36.1 Å². The molecule has 2 N–H and O–H groups in total. The number of carbonyl (C=O) groups is 1. The highest BCUT2D eigenvalue weighted by Gasteiger charge is 2.46. The first kappa shape index (κ1) is 25.1. The van der Waals surface area contributed by atoms with Crippen molar-refractivity contribution in [1.82, 2.24) is 9.38 Å². The molecular formula is C25H25F2N5O4. The van der Waals surface area contributed by atoms with Crippen LogP contribution in [0.2, 0.25) is 0 Å². The van der Waals surface area contributed by atoms with E-state index in [4.69, 9.17) is 4.74 Å². The van der Waals surface area contributed by atoms with Gasteiger partial charge in [0.15, 0.2) is 11.4 Å². The van der Waals surface area contributed by atoms with Crippen LogP contribution in [0.5, 0.6) is 0 Å². The first-order valence-corrected chi connectivity index (χ1v) is 11.3. The van der Waals surface area contributed by atoms with Gasteiger partial charge in [-0.05, 0) is 44.0 Å². The highest BCUT2D eigenvalue weighted by molar-refractivity contribution is 5.94. The molecule has 2 atom stereocenters. The second kappa shape index (κ2) is 9.54. The maximum absolute atomic E-state index is 14.6. The number of carboxylic acids is 1. The topological polar surface area (TPSA) is 120 Å². The Morgan fingerprint density at radius 1 is 1.39 bits per heavy atom. The summed E-state index contributed by atoms with van der Waals surface area (Å²) >= 11 is 0. The second-order valence-corrected chi connectivity index (χ2v) is 8.81. The van der Waals surface area contributed by atoms with Crippen LogP contribution in [0.1, 0.15) is 46.4 Å². The van der Waals surface area contributed by atoms with Crippen molar-refractivity contribution in [2.24, 2.45) is 0 Å². The molecule has 0 spiro atoms. The van der Waals surface area contributed by atoms with Gasteiger partial charge in [-0.1, -0.05) is 12.1 Å². The molecular weight excluding hydrogens is 472 g/mol. The SMILES string of the molecule is COC1CCN(c2nc3c([C@@H](C)Nc4ccccc4C(=O)O)cc(C)cn3c(=O)c2C#N)CC1(F)F. The predicted octanol–water partition coefficient (Wildman–Crippen LogP) is 3.61. The Morgan fingerprint density at radius 3 is 2.75 bits per heavy atom. The first-order valence-electron chi connectivity index (χ1n) is 11.3. The number of halogens is 2. The smallest absolute Gasteiger partial charge is 0.337 e. The maximum Gasteiger partial charge on any atom is 0.337 e. The van der Waals surface area contributed by atoms with Crippen LogP contribution in [-0.2, 0) is 4.74 Å². The van der Waals surface area contributed by atoms with Gasteiger partial charge in [-0.3, -0.25) is 9.20 Å². The molecule has 1 fully saturated rings. The Bertz CT molecular complexity index is 1430. The Morgan fingerprint density at radius 2 is 2.11 bits per heavy atom. The number of aromatic carboxylic acids is 1. The number of piperidine rings is 1. The lowest BCUT2D eigenvalue weighted by Gasteiger charge is -2.38. The van der Waals surface area contributed by atoms with Crippen LogP contribution < -0.4 is 15.8 Å². The third-order valence-electron chi connectivity index (χ3n) is 6.30. The van der Waals surface area contributed by atoms with Crippen LogP contribution in [-0.4, -0.2) is 52.7 Å². The monoisotopic (exact) mass is 497 g/mol. The van der Waals surface area contributed by atoms with Gasteiger partial charge in [0.2, 0.25) is 0 Å². The minimum atomic E-state index is -3.20. The highest BCUT2D eigenvalue weighted by atomic mass is 19.3. The Balaban J connectivity index is 1.84. The van der Waals surface area contributed by atoms with E-state index in [1.54, 1.807) is 38.1 Å². The number of anilines is 2. The van der Waals surface area contributed by atoms with Gasteiger partial charge in [-0.15, -0.1) is 0 Å². The number of nitriles is 1. The largest absolute Gasteiger partial charge is 0.478 e. The average molecular weight is 498 g/mol. The molecule has 36 heavy (non-hydrogen) atoms. The van der Waals surface area contributed by atoms with Crippen molar-refractivity contribution < 1.29 is 23.4 Å². The molecule has 0 saturated carbocycles. The van der Waals surface area contributed by atoms with E-state index in [-0.39, 0.29) is 35.6 Å². The number of aryl methyl sites for hydroxylation is 1. The quantitative estimate of drug-likeness (QED) is 0.530. The summed E-state index contributed by atoms with van der Waals surface area (Å²) in [6.45, 7) is 2.93. The molecule has 0 bridgehead atoms. The van der Waals surface area contributed by atoms with E-state index in [9.17, 15) is 28.7 Å². The maximum atomic E-state index is 14.6. The fourth-order valence-electron chi connectivity index (χ4n) is 4.54. The molecule has 0 amide bonds. The molecule has 1 saturated heterocycles. The molecule has 0 radical (unpaired) electrons. The van der Waals surface area contributed by atoms with Crippen molar-refractivity contribution in [3.8, 4) is 6.07 Å². The molecule has 11 heteroatoms. The summed E-state index contributed by atoms with van der Waals surface area (Å²) in [4.78, 5) is 30.7. The summed E-state index contributed by atoms with van der Waals surface area (Å²) in [5.74, 6) is -4.41. The van der Waals surface area contributed by atoms with Crippen LogP contribution in [0.25, 0.3) is 5.65 Å². The van der Waals surface area contributed by atoms with Gasteiger partial charge >= 0.3 is 5.97 Å². The molecule has 9 nitrogen and oxygen atoms in total. The summed E-state index contributed by atoms with van der Waals surface area (Å²) in [7, 11) is 1.22. The van der Waals surface area contributed by atoms with Gasteiger partial charge in [0.1, 0.15) is 17.8 Å². The number of benzene rings is 1. The van der Waals surface area contributed by atoms with Gasteiger partial charge < -0.3 is 20.1 Å². The minimum absolute atomic E-state index is 0.000104. The van der Waals surface area contributed by atoms with Crippen LogP contribution in [0, 0.1) is 18.3 Å². The lowest BCUT2D eigenvalue weighted by Crippen LogP contribution is -2.53. The molecule has 0 aliphatic carbocycles. The van der Waals surface area contributed by atoms with Gasteiger partial charge in [0.05, 0.1) is 18.2 Å². The van der Waals surface area contributed by atoms with E-state index in [1.165, 1.54) is 28.7 Å². The number of fused-ring (bicyclic) bond motifs is 1. The molecule has 4 rings (SSSR count). The zero-order valence-electron chi connectivity index (χ0n) is 20.0. The van der Waals surface area contributed by atoms with E-state index in [0.29, 0.717) is 16.8 Å². The number of ether oxygens (including phenoxy) is 1. The summed E-state index contributed by atoms with van der Waals surface area (Å²) in [6.07, 6.45) is 0.264. The molecule has 1 aliphatic heterocycles. The highest BCUT2D eigenvalue weighted by Crippen LogP contribution is 2.33. The van der Waals surface area contributed by atoms with E-state index in [0.717, 1.165) is 0 Å². The van der Waals surface area contributed by atoms with Crippen LogP contribution >= 0.6 is 0 Å². The number of carboxylic acid groups (broad SMARTS) is 1. The van der Waals surface area contributed by atoms with Crippen LogP contribution in [0.4, 0.5) is 20.3 Å². The van der Waals surface area contributed by atoms with E-state index >= 15 is 0 Å². The van der Waals surface area contributed by atoms with Gasteiger partial charge in [0.25, 0.3) is 11.5 Å². The number of nitrogens with one attached hydrogen (secondary N) is 1. The van der Waals surface area contributed by atoms with Crippen molar-refractivity contribution in [3.05, 3.63) is 69.1 Å². The van der Waals surface area contributed by atoms with Crippen molar-refractivity contribution >= 4 is 23.1 Å².